The summed E-state index contributed by atoms with van der Waals surface area (Å²) >= 11 is 0. The molecule has 1 aromatic heterocycles. The first kappa shape index (κ1) is 42.4. The van der Waals surface area contributed by atoms with Crippen LogP contribution in [0.5, 0.6) is 11.5 Å². The number of rotatable bonds is 14. The fourth-order valence-corrected chi connectivity index (χ4v) is 7.45. The molecule has 0 radical (unpaired) electrons. The number of nitrogens with zero attached hydrogens (tertiary/aromatic N) is 2. The van der Waals surface area contributed by atoms with Crippen LogP contribution in [0.2, 0.25) is 0 Å². The second kappa shape index (κ2) is 18.0. The summed E-state index contributed by atoms with van der Waals surface area (Å²) in [6, 6.07) is 21.6. The highest BCUT2D eigenvalue weighted by molar-refractivity contribution is 7.90. The molecule has 14 nitrogen and oxygen atoms in total. The van der Waals surface area contributed by atoms with Crippen molar-refractivity contribution in [1.82, 2.24) is 19.9 Å². The number of likely N-dealkylation sites (tertiary alicyclic amines) is 1. The predicted molar refractivity (Wildman–Crippen MR) is 213 cm³/mol. The zero-order chi connectivity index (χ0) is 41.5. The van der Waals surface area contributed by atoms with Gasteiger partial charge in [0.05, 0.1) is 29.8 Å². The van der Waals surface area contributed by atoms with Crippen LogP contribution in [-0.2, 0) is 33.9 Å². The number of amides is 3. The van der Waals surface area contributed by atoms with E-state index in [0.717, 1.165) is 5.56 Å². The lowest BCUT2D eigenvalue weighted by molar-refractivity contribution is -0.150. The third kappa shape index (κ3) is 10.8. The van der Waals surface area contributed by atoms with Gasteiger partial charge in [-0.3, -0.25) is 14.4 Å². The molecule has 0 aliphatic carbocycles. The minimum Gasteiger partial charge on any atom is -0.497 e. The molecule has 4 aromatic rings. The summed E-state index contributed by atoms with van der Waals surface area (Å²) in [5, 5.41) is 3.36. The molecule has 0 saturated carbocycles. The summed E-state index contributed by atoms with van der Waals surface area (Å²) in [4.78, 5) is 60.9. The molecule has 15 heteroatoms. The van der Waals surface area contributed by atoms with Gasteiger partial charge >= 0.3 is 6.16 Å². The Morgan fingerprint density at radius 1 is 0.947 bits per heavy atom. The van der Waals surface area contributed by atoms with Crippen LogP contribution in [-0.4, -0.2) is 85.7 Å². The molecule has 1 unspecified atom stereocenters. The molecule has 1 aliphatic heterocycles. The third-order valence-corrected chi connectivity index (χ3v) is 10.5. The molecule has 4 atom stereocenters. The number of ether oxygens (including phenoxy) is 4. The van der Waals surface area contributed by atoms with E-state index < -0.39 is 69.7 Å². The van der Waals surface area contributed by atoms with Crippen molar-refractivity contribution in [1.29, 1.82) is 0 Å². The molecular weight excluding hydrogens is 753 g/mol. The largest absolute Gasteiger partial charge is 0.509 e. The summed E-state index contributed by atoms with van der Waals surface area (Å²) in [6.45, 7) is 10.1. The minimum atomic E-state index is -4.25. The SMILES string of the molecule is CCC[C@H](NC(=O)C1C[C@@H](Oc2cc(-c3ccccc3)nc3cc(OC)ccc23)CN1C(=O)[C@@H](OC(=O)OC(C)(C)C)C(C)C)C(=O)NS(=O)(=O)c1ccccc1. The monoisotopic (exact) mass is 802 g/mol. The van der Waals surface area contributed by atoms with Gasteiger partial charge < -0.3 is 29.2 Å². The molecule has 57 heavy (non-hydrogen) atoms. The first-order valence-electron chi connectivity index (χ1n) is 18.8. The Morgan fingerprint density at radius 3 is 2.23 bits per heavy atom. The number of methoxy groups -OCH3 is 1. The third-order valence-electron chi connectivity index (χ3n) is 9.15. The standard InChI is InChI=1S/C42H50N4O10S/c1-8-15-32(38(47)45-57(51,52)30-18-13-10-14-19-30)44-39(48)35-23-29(25-46(35)40(49)37(26(2)3)55-41(50)56-42(4,5)6)54-36-24-33(27-16-11-9-12-17-27)43-34-22-28(53-7)20-21-31(34)36/h9-14,16-22,24,26,29,32,35,37H,8,15,23,25H2,1-7H3,(H,44,48)(H,45,47)/t29-,32+,35?,37+/m1/s1. The lowest BCUT2D eigenvalue weighted by Gasteiger charge is -2.30. The van der Waals surface area contributed by atoms with E-state index in [9.17, 15) is 27.6 Å². The summed E-state index contributed by atoms with van der Waals surface area (Å²) in [5.74, 6) is -1.80. The Morgan fingerprint density at radius 2 is 1.61 bits per heavy atom. The summed E-state index contributed by atoms with van der Waals surface area (Å²) < 4.78 is 51.1. The van der Waals surface area contributed by atoms with Crippen LogP contribution in [0.25, 0.3) is 22.2 Å². The zero-order valence-corrected chi connectivity index (χ0v) is 34.0. The van der Waals surface area contributed by atoms with Crippen molar-refractivity contribution in [2.75, 3.05) is 13.7 Å². The van der Waals surface area contributed by atoms with E-state index in [1.54, 1.807) is 72.9 Å². The van der Waals surface area contributed by atoms with Crippen LogP contribution in [0.15, 0.2) is 89.8 Å². The van der Waals surface area contributed by atoms with E-state index in [0.29, 0.717) is 34.5 Å². The molecule has 1 saturated heterocycles. The first-order valence-corrected chi connectivity index (χ1v) is 20.3. The quantitative estimate of drug-likeness (QED) is 0.142. The number of carbonyl (C=O) groups excluding carboxylic acids is 4. The van der Waals surface area contributed by atoms with Gasteiger partial charge in [0.2, 0.25) is 5.91 Å². The molecule has 2 N–H and O–H groups in total. The van der Waals surface area contributed by atoms with Crippen LogP contribution in [0, 0.1) is 5.92 Å². The van der Waals surface area contributed by atoms with E-state index >= 15 is 0 Å². The number of benzene rings is 3. The highest BCUT2D eigenvalue weighted by Crippen LogP contribution is 2.35. The Kier molecular flexibility index (Phi) is 13.4. The summed E-state index contributed by atoms with van der Waals surface area (Å²) in [5.41, 5.74) is 1.16. The topological polar surface area (TPSA) is 180 Å². The number of hydrogen-bond donors (Lipinski definition) is 2. The van der Waals surface area contributed by atoms with Crippen LogP contribution in [0.4, 0.5) is 4.79 Å². The zero-order valence-electron chi connectivity index (χ0n) is 33.2. The molecule has 5 rings (SSSR count). The van der Waals surface area contributed by atoms with Gasteiger partial charge in [0.1, 0.15) is 35.3 Å². The van der Waals surface area contributed by atoms with Gasteiger partial charge in [-0.15, -0.1) is 0 Å². The van der Waals surface area contributed by atoms with Gasteiger partial charge in [0.15, 0.2) is 6.10 Å². The minimum absolute atomic E-state index is 0.0156. The maximum atomic E-state index is 14.4. The lowest BCUT2D eigenvalue weighted by Crippen LogP contribution is -2.55. The van der Waals surface area contributed by atoms with Crippen LogP contribution in [0.3, 0.4) is 0 Å². The summed E-state index contributed by atoms with van der Waals surface area (Å²) in [7, 11) is -2.69. The molecule has 1 aliphatic rings. The first-order chi connectivity index (χ1) is 27.0. The van der Waals surface area contributed by atoms with Crippen molar-refractivity contribution in [3.05, 3.63) is 84.9 Å². The average molecular weight is 803 g/mol. The fraction of sp³-hybridized carbons (Fsp3) is 0.405. The number of carbonyl (C=O) groups is 4. The Balaban J connectivity index is 1.48. The molecule has 304 valence electrons. The van der Waals surface area contributed by atoms with Crippen LogP contribution < -0.4 is 19.5 Å². The van der Waals surface area contributed by atoms with Crippen molar-refractivity contribution in [3.8, 4) is 22.8 Å². The van der Waals surface area contributed by atoms with E-state index in [4.69, 9.17) is 23.9 Å². The van der Waals surface area contributed by atoms with E-state index in [1.165, 1.54) is 29.2 Å². The second-order valence-corrected chi connectivity index (χ2v) is 16.8. The van der Waals surface area contributed by atoms with Gasteiger partial charge in [-0.25, -0.2) is 22.9 Å². The van der Waals surface area contributed by atoms with Gasteiger partial charge in [-0.1, -0.05) is 75.7 Å². The Labute approximate surface area is 333 Å². The smallest absolute Gasteiger partial charge is 0.497 e. The predicted octanol–water partition coefficient (Wildman–Crippen LogP) is 6.03. The normalized spacial score (nSPS) is 16.7. The molecule has 0 spiro atoms. The molecule has 1 fully saturated rings. The average Bonchev–Trinajstić information content (AvgIpc) is 3.59. The number of nitrogens with one attached hydrogen (secondary N) is 2. The van der Waals surface area contributed by atoms with E-state index in [-0.39, 0.29) is 24.3 Å². The highest BCUT2D eigenvalue weighted by Gasteiger charge is 2.45. The van der Waals surface area contributed by atoms with Gasteiger partial charge in [0.25, 0.3) is 21.8 Å². The molecule has 0 bridgehead atoms. The number of sulfonamides is 1. The highest BCUT2D eigenvalue weighted by atomic mass is 32.2. The maximum absolute atomic E-state index is 14.4. The van der Waals surface area contributed by atoms with Crippen molar-refractivity contribution in [3.63, 3.8) is 0 Å². The number of aromatic nitrogens is 1. The van der Waals surface area contributed by atoms with Crippen molar-refractivity contribution in [2.45, 2.75) is 95.6 Å². The summed E-state index contributed by atoms with van der Waals surface area (Å²) in [6.07, 6.45) is -2.63. The number of pyridine rings is 1. The Bertz CT molecular complexity index is 2180. The lowest BCUT2D eigenvalue weighted by atomic mass is 10.0. The Hall–Kier alpha value is -5.70. The van der Waals surface area contributed by atoms with Crippen molar-refractivity contribution >= 4 is 44.8 Å². The number of hydrogen-bond acceptors (Lipinski definition) is 11. The fourth-order valence-electron chi connectivity index (χ4n) is 6.41. The molecular formula is C42H50N4O10S. The second-order valence-electron chi connectivity index (χ2n) is 15.1. The maximum Gasteiger partial charge on any atom is 0.509 e. The molecule has 2 heterocycles. The van der Waals surface area contributed by atoms with E-state index in [1.807, 2.05) is 36.4 Å². The van der Waals surface area contributed by atoms with Gasteiger partial charge in [0, 0.05) is 29.5 Å². The van der Waals surface area contributed by atoms with Gasteiger partial charge in [-0.2, -0.15) is 0 Å². The number of fused-ring (bicyclic) bond motifs is 1. The van der Waals surface area contributed by atoms with Gasteiger partial charge in [-0.05, 0) is 57.4 Å². The van der Waals surface area contributed by atoms with Crippen LogP contribution >= 0.6 is 0 Å². The van der Waals surface area contributed by atoms with Crippen LogP contribution in [0.1, 0.15) is 60.8 Å². The van der Waals surface area contributed by atoms with Crippen molar-refractivity contribution < 1.29 is 46.5 Å². The van der Waals surface area contributed by atoms with Crippen molar-refractivity contribution in [2.24, 2.45) is 5.92 Å². The molecule has 3 aromatic carbocycles. The molecule has 3 amide bonds. The van der Waals surface area contributed by atoms with E-state index in [2.05, 4.69) is 10.0 Å².